The molecule has 1 aromatic carbocycles. The van der Waals surface area contributed by atoms with E-state index in [1.54, 1.807) is 41.3 Å². The van der Waals surface area contributed by atoms with E-state index in [1.165, 1.54) is 6.07 Å². The van der Waals surface area contributed by atoms with E-state index in [0.717, 1.165) is 11.1 Å². The van der Waals surface area contributed by atoms with Crippen molar-refractivity contribution < 1.29 is 9.13 Å². The number of rotatable bonds is 4. The summed E-state index contributed by atoms with van der Waals surface area (Å²) in [6.45, 7) is 3.03. The number of nitriles is 1. The molecule has 5 aromatic rings. The number of hydrogen-bond donors (Lipinski definition) is 1. The van der Waals surface area contributed by atoms with Crippen LogP contribution >= 0.6 is 0 Å². The molecule has 5 heterocycles. The summed E-state index contributed by atoms with van der Waals surface area (Å²) in [5.74, 6) is 0.988. The molecule has 1 atom stereocenters. The molecule has 1 unspecified atom stereocenters. The minimum Gasteiger partial charge on any atom is -0.490 e. The molecular weight excluding hydrogens is 435 g/mol. The lowest BCUT2D eigenvalue weighted by Crippen LogP contribution is -2.23. The zero-order valence-electron chi connectivity index (χ0n) is 18.2. The van der Waals surface area contributed by atoms with E-state index in [4.69, 9.17) is 14.7 Å². The zero-order chi connectivity index (χ0) is 23.2. The lowest BCUT2D eigenvalue weighted by atomic mass is 10.00. The molecule has 1 aliphatic heterocycles. The third-order valence-corrected chi connectivity index (χ3v) is 5.96. The van der Waals surface area contributed by atoms with Gasteiger partial charge in [-0.05, 0) is 25.1 Å². The van der Waals surface area contributed by atoms with Gasteiger partial charge in [-0.1, -0.05) is 12.1 Å². The second kappa shape index (κ2) is 7.81. The minimum absolute atomic E-state index is 0.213. The van der Waals surface area contributed by atoms with E-state index >= 15 is 0 Å². The van der Waals surface area contributed by atoms with Crippen molar-refractivity contribution in [1.82, 2.24) is 29.1 Å². The Bertz CT molecular complexity index is 1600. The Labute approximate surface area is 193 Å². The fraction of sp³-hybridized carbons (Fsp3) is 0.208. The Kier molecular flexibility index (Phi) is 4.62. The van der Waals surface area contributed by atoms with Gasteiger partial charge in [-0.2, -0.15) is 10.4 Å². The number of anilines is 1. The van der Waals surface area contributed by atoms with Gasteiger partial charge in [-0.25, -0.2) is 23.9 Å². The van der Waals surface area contributed by atoms with Gasteiger partial charge in [0.15, 0.2) is 23.0 Å². The van der Waals surface area contributed by atoms with Gasteiger partial charge in [0.1, 0.15) is 5.52 Å². The van der Waals surface area contributed by atoms with Crippen LogP contribution in [0, 0.1) is 17.1 Å². The molecule has 0 bridgehead atoms. The van der Waals surface area contributed by atoms with E-state index in [-0.39, 0.29) is 17.6 Å². The monoisotopic (exact) mass is 454 g/mol. The molecule has 0 saturated carbocycles. The van der Waals surface area contributed by atoms with Crippen LogP contribution in [0.25, 0.3) is 28.1 Å². The highest BCUT2D eigenvalue weighted by atomic mass is 19.1. The Hall–Kier alpha value is -4.52. The lowest BCUT2D eigenvalue weighted by molar-refractivity contribution is 0.246. The van der Waals surface area contributed by atoms with E-state index in [0.29, 0.717) is 53.6 Å². The van der Waals surface area contributed by atoms with Crippen LogP contribution in [0.5, 0.6) is 5.75 Å². The number of nitrogens with zero attached hydrogens (tertiary/aromatic N) is 7. The summed E-state index contributed by atoms with van der Waals surface area (Å²) in [6.07, 6.45) is 5.74. The van der Waals surface area contributed by atoms with Crippen LogP contribution in [0.15, 0.2) is 48.9 Å². The predicted octanol–water partition coefficient (Wildman–Crippen LogP) is 3.96. The number of imidazole rings is 1. The number of nitrogens with one attached hydrogen (secondary N) is 1. The first kappa shape index (κ1) is 20.1. The highest BCUT2D eigenvalue weighted by molar-refractivity contribution is 5.81. The first-order chi connectivity index (χ1) is 16.7. The maximum absolute atomic E-state index is 14.5. The Morgan fingerprint density at radius 3 is 3.03 bits per heavy atom. The van der Waals surface area contributed by atoms with Gasteiger partial charge in [0.2, 0.25) is 5.95 Å². The molecule has 0 aliphatic carbocycles. The van der Waals surface area contributed by atoms with Gasteiger partial charge in [-0.15, -0.1) is 0 Å². The van der Waals surface area contributed by atoms with Crippen molar-refractivity contribution in [3.8, 4) is 23.2 Å². The Morgan fingerprint density at radius 1 is 1.26 bits per heavy atom. The second-order valence-electron chi connectivity index (χ2n) is 7.96. The average Bonchev–Trinajstić information content (AvgIpc) is 3.44. The van der Waals surface area contributed by atoms with Crippen molar-refractivity contribution >= 4 is 22.6 Å². The quantitative estimate of drug-likeness (QED) is 0.438. The van der Waals surface area contributed by atoms with Crippen molar-refractivity contribution in [2.45, 2.75) is 19.4 Å². The van der Waals surface area contributed by atoms with Crippen molar-refractivity contribution in [2.75, 3.05) is 18.5 Å². The molecule has 9 nitrogen and oxygen atoms in total. The largest absolute Gasteiger partial charge is 0.490 e. The number of ether oxygens (including phenoxy) is 1. The predicted molar refractivity (Wildman–Crippen MR) is 123 cm³/mol. The van der Waals surface area contributed by atoms with Crippen LogP contribution < -0.4 is 10.1 Å². The summed E-state index contributed by atoms with van der Waals surface area (Å²) in [7, 11) is 0. The van der Waals surface area contributed by atoms with E-state index in [9.17, 15) is 9.65 Å². The summed E-state index contributed by atoms with van der Waals surface area (Å²) in [5.41, 5.74) is 3.96. The smallest absolute Gasteiger partial charge is 0.205 e. The van der Waals surface area contributed by atoms with Gasteiger partial charge >= 0.3 is 0 Å². The van der Waals surface area contributed by atoms with Crippen molar-refractivity contribution in [2.24, 2.45) is 0 Å². The van der Waals surface area contributed by atoms with Crippen molar-refractivity contribution in [3.05, 3.63) is 65.9 Å². The number of benzene rings is 1. The molecule has 4 aromatic heterocycles. The standard InChI is InChI=1S/C24H19FN8O/c1-2-27-24-30-18-13-28-22(16-12-29-32-8-6-14(11-26)10-20(16)32)31-23(18)33(24)19-7-9-34-21-15(19)4-3-5-17(21)25/h3-6,8,10,12-13,19H,2,7,9H2,1H3,(H,27,30). The molecule has 0 fully saturated rings. The van der Waals surface area contributed by atoms with Crippen LogP contribution in [0.1, 0.15) is 30.5 Å². The number of fused-ring (bicyclic) bond motifs is 3. The molecule has 1 aliphatic rings. The maximum atomic E-state index is 14.5. The van der Waals surface area contributed by atoms with Gasteiger partial charge < -0.3 is 10.1 Å². The van der Waals surface area contributed by atoms with Crippen LogP contribution in [-0.2, 0) is 0 Å². The molecule has 1 N–H and O–H groups in total. The SMILES string of the molecule is CCNc1nc2cnc(-c3cnn4ccc(C#N)cc34)nc2n1C1CCOc2c(F)cccc21. The van der Waals surface area contributed by atoms with Gasteiger partial charge in [0, 0.05) is 24.7 Å². The lowest BCUT2D eigenvalue weighted by Gasteiger charge is -2.28. The molecule has 10 heteroatoms. The van der Waals surface area contributed by atoms with Crippen LogP contribution in [0.2, 0.25) is 0 Å². The zero-order valence-corrected chi connectivity index (χ0v) is 18.2. The van der Waals surface area contributed by atoms with Crippen molar-refractivity contribution in [1.29, 1.82) is 5.26 Å². The molecule has 34 heavy (non-hydrogen) atoms. The summed E-state index contributed by atoms with van der Waals surface area (Å²) >= 11 is 0. The normalized spacial score (nSPS) is 15.1. The van der Waals surface area contributed by atoms with E-state index in [1.807, 2.05) is 17.6 Å². The Morgan fingerprint density at radius 2 is 2.18 bits per heavy atom. The number of pyridine rings is 1. The van der Waals surface area contributed by atoms with Gasteiger partial charge in [0.25, 0.3) is 0 Å². The number of halogens is 1. The fourth-order valence-electron chi connectivity index (χ4n) is 4.46. The summed E-state index contributed by atoms with van der Waals surface area (Å²) in [5, 5.41) is 17.0. The van der Waals surface area contributed by atoms with Crippen LogP contribution in [-0.4, -0.2) is 42.3 Å². The molecule has 0 spiro atoms. The van der Waals surface area contributed by atoms with Crippen LogP contribution in [0.3, 0.4) is 0 Å². The summed E-state index contributed by atoms with van der Waals surface area (Å²) in [6, 6.07) is 10.4. The molecule has 0 amide bonds. The van der Waals surface area contributed by atoms with Gasteiger partial charge in [-0.3, -0.25) is 4.57 Å². The minimum atomic E-state index is -0.383. The topological polar surface area (TPSA) is 106 Å². The molecule has 0 radical (unpaired) electrons. The van der Waals surface area contributed by atoms with E-state index in [2.05, 4.69) is 21.5 Å². The number of aromatic nitrogens is 6. The first-order valence-corrected chi connectivity index (χ1v) is 11.0. The molecule has 0 saturated heterocycles. The molecule has 6 rings (SSSR count). The van der Waals surface area contributed by atoms with E-state index < -0.39 is 0 Å². The average molecular weight is 454 g/mol. The first-order valence-electron chi connectivity index (χ1n) is 11.0. The molecule has 168 valence electrons. The number of hydrogen-bond acceptors (Lipinski definition) is 7. The molecular formula is C24H19FN8O. The summed E-state index contributed by atoms with van der Waals surface area (Å²) < 4.78 is 23.8. The summed E-state index contributed by atoms with van der Waals surface area (Å²) in [4.78, 5) is 14.1. The maximum Gasteiger partial charge on any atom is 0.205 e. The van der Waals surface area contributed by atoms with Gasteiger partial charge in [0.05, 0.1) is 47.8 Å². The van der Waals surface area contributed by atoms with Crippen LogP contribution in [0.4, 0.5) is 10.3 Å². The third-order valence-electron chi connectivity index (χ3n) is 5.96. The highest BCUT2D eigenvalue weighted by Crippen LogP contribution is 2.39. The Balaban J connectivity index is 1.56. The number of para-hydroxylation sites is 1. The second-order valence-corrected chi connectivity index (χ2v) is 7.96. The van der Waals surface area contributed by atoms with Crippen molar-refractivity contribution in [3.63, 3.8) is 0 Å². The third kappa shape index (κ3) is 3.05. The highest BCUT2D eigenvalue weighted by Gasteiger charge is 2.29. The fourth-order valence-corrected chi connectivity index (χ4v) is 4.46.